The largest absolute Gasteiger partial charge is 0.477 e. The Balaban J connectivity index is 1.91. The van der Waals surface area contributed by atoms with Crippen LogP contribution in [0.3, 0.4) is 0 Å². The molecule has 0 radical (unpaired) electrons. The van der Waals surface area contributed by atoms with Crippen molar-refractivity contribution in [1.82, 2.24) is 25.1 Å². The number of pyridine rings is 1. The number of aromatic nitrogens is 4. The number of amides is 1. The van der Waals surface area contributed by atoms with Crippen LogP contribution in [0, 0.1) is 0 Å². The Labute approximate surface area is 114 Å². The van der Waals surface area contributed by atoms with Gasteiger partial charge in [0.05, 0.1) is 0 Å². The van der Waals surface area contributed by atoms with Gasteiger partial charge in [-0.3, -0.25) is 4.79 Å². The van der Waals surface area contributed by atoms with E-state index in [1.54, 1.807) is 13.0 Å². The molecule has 0 fully saturated rings. The van der Waals surface area contributed by atoms with Crippen LogP contribution in [0.4, 0.5) is 0 Å². The van der Waals surface area contributed by atoms with E-state index in [0.29, 0.717) is 5.56 Å². The van der Waals surface area contributed by atoms with E-state index in [9.17, 15) is 9.59 Å². The van der Waals surface area contributed by atoms with Crippen LogP contribution in [0.25, 0.3) is 0 Å². The van der Waals surface area contributed by atoms with Gasteiger partial charge in [0.15, 0.2) is 0 Å². The molecule has 0 aromatic carbocycles. The van der Waals surface area contributed by atoms with Crippen LogP contribution in [0.5, 0.6) is 0 Å². The molecule has 8 nitrogen and oxygen atoms in total. The molecule has 0 aliphatic heterocycles. The van der Waals surface area contributed by atoms with E-state index < -0.39 is 12.0 Å². The minimum atomic E-state index is -1.08. The summed E-state index contributed by atoms with van der Waals surface area (Å²) in [6, 6.07) is 2.53. The van der Waals surface area contributed by atoms with Gasteiger partial charge in [-0.15, -0.1) is 0 Å². The molecule has 2 aromatic rings. The summed E-state index contributed by atoms with van der Waals surface area (Å²) >= 11 is 0. The Morgan fingerprint density at radius 3 is 2.80 bits per heavy atom. The maximum absolute atomic E-state index is 11.9. The molecule has 104 valence electrons. The third-order valence-electron chi connectivity index (χ3n) is 2.72. The molecule has 2 rings (SSSR count). The standard InChI is InChI=1S/C12H13N5O3/c1-8(17-7-13-6-16-17)11(18)15-5-9-2-3-10(12(19)20)14-4-9/h2-4,6-8H,5H2,1H3,(H,15,18)(H,19,20). The number of hydrogen-bond donors (Lipinski definition) is 2. The second-order valence-electron chi connectivity index (χ2n) is 4.13. The zero-order valence-electron chi connectivity index (χ0n) is 10.7. The first-order valence-corrected chi connectivity index (χ1v) is 5.88. The predicted molar refractivity (Wildman–Crippen MR) is 67.8 cm³/mol. The van der Waals surface area contributed by atoms with Gasteiger partial charge in [0.1, 0.15) is 24.4 Å². The number of nitrogens with zero attached hydrogens (tertiary/aromatic N) is 4. The lowest BCUT2D eigenvalue weighted by molar-refractivity contribution is -0.124. The maximum atomic E-state index is 11.9. The van der Waals surface area contributed by atoms with Crippen molar-refractivity contribution in [3.8, 4) is 0 Å². The summed E-state index contributed by atoms with van der Waals surface area (Å²) in [5, 5.41) is 15.3. The van der Waals surface area contributed by atoms with Gasteiger partial charge in [0.25, 0.3) is 0 Å². The number of nitrogens with one attached hydrogen (secondary N) is 1. The minimum absolute atomic E-state index is 0.0314. The average molecular weight is 275 g/mol. The highest BCUT2D eigenvalue weighted by molar-refractivity contribution is 5.85. The number of rotatable bonds is 5. The summed E-state index contributed by atoms with van der Waals surface area (Å²) in [6.45, 7) is 1.97. The molecule has 0 saturated heterocycles. The highest BCUT2D eigenvalue weighted by Crippen LogP contribution is 2.04. The molecule has 1 atom stereocenters. The molecule has 2 heterocycles. The topological polar surface area (TPSA) is 110 Å². The molecule has 0 aliphatic carbocycles. The molecule has 1 unspecified atom stereocenters. The van der Waals surface area contributed by atoms with Crippen molar-refractivity contribution in [1.29, 1.82) is 0 Å². The number of carbonyl (C=O) groups excluding carboxylic acids is 1. The maximum Gasteiger partial charge on any atom is 0.354 e. The summed E-state index contributed by atoms with van der Waals surface area (Å²) in [6.07, 6.45) is 4.25. The zero-order chi connectivity index (χ0) is 14.5. The second-order valence-corrected chi connectivity index (χ2v) is 4.13. The smallest absolute Gasteiger partial charge is 0.354 e. The quantitative estimate of drug-likeness (QED) is 0.809. The molecular weight excluding hydrogens is 262 g/mol. The molecule has 20 heavy (non-hydrogen) atoms. The van der Waals surface area contributed by atoms with Crippen LogP contribution in [-0.2, 0) is 11.3 Å². The summed E-state index contributed by atoms with van der Waals surface area (Å²) in [7, 11) is 0. The van der Waals surface area contributed by atoms with Crippen LogP contribution < -0.4 is 5.32 Å². The van der Waals surface area contributed by atoms with E-state index in [4.69, 9.17) is 5.11 Å². The second kappa shape index (κ2) is 5.91. The third kappa shape index (κ3) is 3.16. The summed E-state index contributed by atoms with van der Waals surface area (Å²) < 4.78 is 1.45. The van der Waals surface area contributed by atoms with Gasteiger partial charge in [-0.25, -0.2) is 19.4 Å². The molecule has 8 heteroatoms. The van der Waals surface area contributed by atoms with Gasteiger partial charge in [-0.05, 0) is 18.6 Å². The van der Waals surface area contributed by atoms with Crippen molar-refractivity contribution in [3.05, 3.63) is 42.2 Å². The van der Waals surface area contributed by atoms with Gasteiger partial charge in [0, 0.05) is 12.7 Å². The lowest BCUT2D eigenvalue weighted by atomic mass is 10.2. The van der Waals surface area contributed by atoms with Crippen LogP contribution >= 0.6 is 0 Å². The summed E-state index contributed by atoms with van der Waals surface area (Å²) in [5.41, 5.74) is 0.685. The molecule has 2 N–H and O–H groups in total. The van der Waals surface area contributed by atoms with Crippen molar-refractivity contribution < 1.29 is 14.7 Å². The molecule has 0 aliphatic rings. The van der Waals surface area contributed by atoms with E-state index in [0.717, 1.165) is 0 Å². The van der Waals surface area contributed by atoms with Crippen LogP contribution in [0.15, 0.2) is 31.0 Å². The first kappa shape index (κ1) is 13.7. The van der Waals surface area contributed by atoms with E-state index >= 15 is 0 Å². The first-order chi connectivity index (χ1) is 9.58. The van der Waals surface area contributed by atoms with Crippen LogP contribution in [0.1, 0.15) is 29.0 Å². The van der Waals surface area contributed by atoms with Crippen LogP contribution in [-0.4, -0.2) is 36.7 Å². The molecule has 1 amide bonds. The van der Waals surface area contributed by atoms with E-state index in [2.05, 4.69) is 20.4 Å². The van der Waals surface area contributed by atoms with E-state index in [1.165, 1.54) is 29.6 Å². The fourth-order valence-corrected chi connectivity index (χ4v) is 1.53. The van der Waals surface area contributed by atoms with Crippen LogP contribution in [0.2, 0.25) is 0 Å². The summed E-state index contributed by atoms with van der Waals surface area (Å²) in [5.74, 6) is -1.29. The number of carbonyl (C=O) groups is 2. The molecule has 2 aromatic heterocycles. The lowest BCUT2D eigenvalue weighted by Gasteiger charge is -2.11. The van der Waals surface area contributed by atoms with Crippen molar-refractivity contribution >= 4 is 11.9 Å². The fraction of sp³-hybridized carbons (Fsp3) is 0.250. The van der Waals surface area contributed by atoms with Gasteiger partial charge in [-0.2, -0.15) is 5.10 Å². The minimum Gasteiger partial charge on any atom is -0.477 e. The van der Waals surface area contributed by atoms with E-state index in [-0.39, 0.29) is 18.1 Å². The van der Waals surface area contributed by atoms with Crippen molar-refractivity contribution in [2.24, 2.45) is 0 Å². The van der Waals surface area contributed by atoms with Crippen molar-refractivity contribution in [2.45, 2.75) is 19.5 Å². The van der Waals surface area contributed by atoms with E-state index in [1.807, 2.05) is 0 Å². The third-order valence-corrected chi connectivity index (χ3v) is 2.72. The Hall–Kier alpha value is -2.77. The van der Waals surface area contributed by atoms with Crippen molar-refractivity contribution in [2.75, 3.05) is 0 Å². The zero-order valence-corrected chi connectivity index (χ0v) is 10.7. The first-order valence-electron chi connectivity index (χ1n) is 5.88. The Kier molecular flexibility index (Phi) is 4.04. The van der Waals surface area contributed by atoms with Gasteiger partial charge in [0.2, 0.25) is 5.91 Å². The van der Waals surface area contributed by atoms with Gasteiger partial charge >= 0.3 is 5.97 Å². The number of aromatic carboxylic acids is 1. The Bertz CT molecular complexity index is 594. The lowest BCUT2D eigenvalue weighted by Crippen LogP contribution is -2.30. The number of carboxylic acids is 1. The number of carboxylic acid groups (broad SMARTS) is 1. The molecule has 0 spiro atoms. The SMILES string of the molecule is CC(C(=O)NCc1ccc(C(=O)O)nc1)n1cncn1. The normalized spacial score (nSPS) is 11.8. The molecular formula is C12H13N5O3. The molecule has 0 saturated carbocycles. The Morgan fingerprint density at radius 1 is 1.45 bits per heavy atom. The monoisotopic (exact) mass is 275 g/mol. The van der Waals surface area contributed by atoms with Gasteiger partial charge < -0.3 is 10.4 Å². The Morgan fingerprint density at radius 2 is 2.25 bits per heavy atom. The summed E-state index contributed by atoms with van der Waals surface area (Å²) in [4.78, 5) is 30.1. The predicted octanol–water partition coefficient (Wildman–Crippen LogP) is 0.249. The average Bonchev–Trinajstić information content (AvgIpc) is 2.98. The number of hydrogen-bond acceptors (Lipinski definition) is 5. The van der Waals surface area contributed by atoms with Crippen molar-refractivity contribution in [3.63, 3.8) is 0 Å². The highest BCUT2D eigenvalue weighted by atomic mass is 16.4. The highest BCUT2D eigenvalue weighted by Gasteiger charge is 2.14. The fourth-order valence-electron chi connectivity index (χ4n) is 1.53. The van der Waals surface area contributed by atoms with Gasteiger partial charge in [-0.1, -0.05) is 6.07 Å². The molecule has 0 bridgehead atoms.